The van der Waals surface area contributed by atoms with Gasteiger partial charge in [0.2, 0.25) is 5.95 Å². The predicted octanol–water partition coefficient (Wildman–Crippen LogP) is 6.98. The van der Waals surface area contributed by atoms with Gasteiger partial charge < -0.3 is 10.3 Å². The number of anilines is 1. The summed E-state index contributed by atoms with van der Waals surface area (Å²) in [5.41, 5.74) is 13.1. The van der Waals surface area contributed by atoms with Crippen LogP contribution in [0.3, 0.4) is 0 Å². The summed E-state index contributed by atoms with van der Waals surface area (Å²) in [5, 5.41) is 0. The van der Waals surface area contributed by atoms with Gasteiger partial charge in [-0.15, -0.1) is 0 Å². The molecule has 0 saturated carbocycles. The minimum atomic E-state index is -0.659. The maximum atomic E-state index is 13.4. The SMILES string of the molecule is Nc1ncc2c(n1)CC/C(=C\c1ccccc1-c1cn(C(c3ccccc3)(c3ccccc3)c3ccccc3)cn1)C2=O. The lowest BCUT2D eigenvalue weighted by Crippen LogP contribution is -2.36. The van der Waals surface area contributed by atoms with Crippen LogP contribution >= 0.6 is 0 Å². The van der Waals surface area contributed by atoms with Gasteiger partial charge in [-0.25, -0.2) is 15.0 Å². The van der Waals surface area contributed by atoms with E-state index in [1.807, 2.05) is 48.8 Å². The second-order valence-electron chi connectivity index (χ2n) is 10.6. The number of benzene rings is 4. The Balaban J connectivity index is 1.37. The van der Waals surface area contributed by atoms with E-state index in [-0.39, 0.29) is 11.7 Å². The molecule has 0 fully saturated rings. The smallest absolute Gasteiger partial charge is 0.220 e. The first-order valence-electron chi connectivity index (χ1n) is 14.3. The zero-order valence-corrected chi connectivity index (χ0v) is 23.5. The van der Waals surface area contributed by atoms with E-state index in [4.69, 9.17) is 10.7 Å². The van der Waals surface area contributed by atoms with Crippen LogP contribution in [-0.2, 0) is 12.0 Å². The van der Waals surface area contributed by atoms with Crippen molar-refractivity contribution in [2.45, 2.75) is 18.4 Å². The molecule has 0 radical (unpaired) electrons. The Hall–Kier alpha value is -5.62. The van der Waals surface area contributed by atoms with E-state index >= 15 is 0 Å². The van der Waals surface area contributed by atoms with Crippen LogP contribution in [0.4, 0.5) is 5.95 Å². The first-order valence-corrected chi connectivity index (χ1v) is 14.3. The van der Waals surface area contributed by atoms with Gasteiger partial charge >= 0.3 is 0 Å². The highest BCUT2D eigenvalue weighted by atomic mass is 16.1. The number of aryl methyl sites for hydroxylation is 1. The number of nitrogen functional groups attached to an aromatic ring is 1. The van der Waals surface area contributed by atoms with E-state index in [9.17, 15) is 4.79 Å². The van der Waals surface area contributed by atoms with Crippen LogP contribution in [0.2, 0.25) is 0 Å². The van der Waals surface area contributed by atoms with Crippen LogP contribution in [0.1, 0.15) is 44.7 Å². The molecule has 7 rings (SSSR count). The number of carbonyl (C=O) groups excluding carboxylic acids is 1. The highest BCUT2D eigenvalue weighted by molar-refractivity contribution is 6.13. The molecule has 208 valence electrons. The zero-order valence-electron chi connectivity index (χ0n) is 23.5. The molecular weight excluding hydrogens is 530 g/mol. The van der Waals surface area contributed by atoms with Crippen molar-refractivity contribution in [3.63, 3.8) is 0 Å². The van der Waals surface area contributed by atoms with Gasteiger partial charge in [-0.1, -0.05) is 115 Å². The highest BCUT2D eigenvalue weighted by Crippen LogP contribution is 2.41. The molecule has 0 unspecified atom stereocenters. The van der Waals surface area contributed by atoms with Gasteiger partial charge in [0.05, 0.1) is 23.3 Å². The van der Waals surface area contributed by atoms with Gasteiger partial charge in [0, 0.05) is 23.5 Å². The van der Waals surface area contributed by atoms with Crippen LogP contribution in [-0.4, -0.2) is 25.3 Å². The Labute approximate surface area is 250 Å². The van der Waals surface area contributed by atoms with Crippen LogP contribution < -0.4 is 5.73 Å². The third-order valence-corrected chi connectivity index (χ3v) is 8.16. The Morgan fingerprint density at radius 2 is 1.28 bits per heavy atom. The van der Waals surface area contributed by atoms with Crippen molar-refractivity contribution in [1.82, 2.24) is 19.5 Å². The summed E-state index contributed by atoms with van der Waals surface area (Å²) in [6.45, 7) is 0. The van der Waals surface area contributed by atoms with E-state index < -0.39 is 5.54 Å². The number of nitrogens with zero attached hydrogens (tertiary/aromatic N) is 4. The second kappa shape index (κ2) is 11.0. The van der Waals surface area contributed by atoms with E-state index in [0.717, 1.165) is 39.1 Å². The van der Waals surface area contributed by atoms with Gasteiger partial charge in [0.25, 0.3) is 0 Å². The molecule has 4 aromatic carbocycles. The molecule has 6 heteroatoms. The topological polar surface area (TPSA) is 86.7 Å². The third-order valence-electron chi connectivity index (χ3n) is 8.16. The fourth-order valence-electron chi connectivity index (χ4n) is 6.16. The number of hydrogen-bond donors (Lipinski definition) is 1. The average molecular weight is 560 g/mol. The molecule has 0 atom stereocenters. The number of allylic oxidation sites excluding steroid dienone is 1. The number of hydrogen-bond acceptors (Lipinski definition) is 5. The molecule has 6 aromatic rings. The lowest BCUT2D eigenvalue weighted by atomic mass is 9.77. The molecule has 1 aliphatic rings. The maximum absolute atomic E-state index is 13.4. The Kier molecular flexibility index (Phi) is 6.72. The number of imidazole rings is 1. The van der Waals surface area contributed by atoms with Crippen LogP contribution in [0.5, 0.6) is 0 Å². The molecule has 0 spiro atoms. The minimum absolute atomic E-state index is 0.0576. The molecule has 0 saturated heterocycles. The zero-order chi connectivity index (χ0) is 29.2. The number of rotatable bonds is 6. The average Bonchev–Trinajstić information content (AvgIpc) is 3.55. The normalized spacial score (nSPS) is 14.0. The predicted molar refractivity (Wildman–Crippen MR) is 169 cm³/mol. The molecule has 0 aliphatic heterocycles. The largest absolute Gasteiger partial charge is 0.368 e. The molecule has 2 heterocycles. The summed E-state index contributed by atoms with van der Waals surface area (Å²) < 4.78 is 2.20. The van der Waals surface area contributed by atoms with Crippen LogP contribution in [0.15, 0.2) is 140 Å². The molecule has 0 amide bonds. The van der Waals surface area contributed by atoms with Crippen LogP contribution in [0.25, 0.3) is 17.3 Å². The van der Waals surface area contributed by atoms with Crippen molar-refractivity contribution >= 4 is 17.8 Å². The number of Topliss-reactive ketones (excluding diaryl/α,β-unsaturated/α-hetero) is 1. The second-order valence-corrected chi connectivity index (χ2v) is 10.6. The van der Waals surface area contributed by atoms with Crippen molar-refractivity contribution in [3.8, 4) is 11.3 Å². The first kappa shape index (κ1) is 26.3. The number of aromatic nitrogens is 4. The fraction of sp³-hybridized carbons (Fsp3) is 0.0811. The van der Waals surface area contributed by atoms with Crippen molar-refractivity contribution < 1.29 is 4.79 Å². The number of carbonyl (C=O) groups is 1. The molecule has 1 aliphatic carbocycles. The Bertz CT molecular complexity index is 1850. The molecule has 43 heavy (non-hydrogen) atoms. The Morgan fingerprint density at radius 3 is 1.91 bits per heavy atom. The van der Waals surface area contributed by atoms with Gasteiger partial charge in [-0.05, 0) is 41.2 Å². The summed E-state index contributed by atoms with van der Waals surface area (Å²) in [4.78, 5) is 26.7. The molecule has 6 nitrogen and oxygen atoms in total. The summed E-state index contributed by atoms with van der Waals surface area (Å²) >= 11 is 0. The lowest BCUT2D eigenvalue weighted by Gasteiger charge is -2.37. The van der Waals surface area contributed by atoms with E-state index in [2.05, 4.69) is 99.6 Å². The Morgan fingerprint density at radius 1 is 0.698 bits per heavy atom. The number of nitrogens with two attached hydrogens (primary N) is 1. The van der Waals surface area contributed by atoms with Crippen molar-refractivity contribution in [2.75, 3.05) is 5.73 Å². The van der Waals surface area contributed by atoms with E-state index in [1.165, 1.54) is 6.20 Å². The van der Waals surface area contributed by atoms with E-state index in [0.29, 0.717) is 24.1 Å². The quantitative estimate of drug-likeness (QED) is 0.176. The monoisotopic (exact) mass is 559 g/mol. The van der Waals surface area contributed by atoms with Gasteiger partial charge in [0.15, 0.2) is 5.78 Å². The summed E-state index contributed by atoms with van der Waals surface area (Å²) in [5.74, 6) is 0.135. The third kappa shape index (κ3) is 4.63. The van der Waals surface area contributed by atoms with Crippen molar-refractivity contribution in [3.05, 3.63) is 173 Å². The molecular formula is C37H29N5O. The van der Waals surface area contributed by atoms with Crippen LogP contribution in [0, 0.1) is 0 Å². The molecule has 0 bridgehead atoms. The summed E-state index contributed by atoms with van der Waals surface area (Å²) in [7, 11) is 0. The van der Waals surface area contributed by atoms with Gasteiger partial charge in [-0.3, -0.25) is 4.79 Å². The number of fused-ring (bicyclic) bond motifs is 1. The lowest BCUT2D eigenvalue weighted by molar-refractivity contribution is 0.102. The van der Waals surface area contributed by atoms with Crippen molar-refractivity contribution in [2.24, 2.45) is 0 Å². The van der Waals surface area contributed by atoms with Crippen molar-refractivity contribution in [1.29, 1.82) is 0 Å². The maximum Gasteiger partial charge on any atom is 0.220 e. The highest BCUT2D eigenvalue weighted by Gasteiger charge is 2.38. The standard InChI is InChI=1S/C37H29N5O/c38-36-39-23-32-33(41-36)21-20-27(35(32)43)22-26-12-10-11-19-31(26)34-24-42(25-40-34)37(28-13-4-1-5-14-28,29-15-6-2-7-16-29)30-17-8-3-9-18-30/h1-19,22-25H,20-21H2,(H2,38,39,41)/b27-22+. The van der Waals surface area contributed by atoms with Gasteiger partial charge in [0.1, 0.15) is 5.54 Å². The molecule has 2 aromatic heterocycles. The van der Waals surface area contributed by atoms with Gasteiger partial charge in [-0.2, -0.15) is 0 Å². The fourth-order valence-corrected chi connectivity index (χ4v) is 6.16. The number of ketones is 1. The van der Waals surface area contributed by atoms with E-state index in [1.54, 1.807) is 0 Å². The minimum Gasteiger partial charge on any atom is -0.368 e. The summed E-state index contributed by atoms with van der Waals surface area (Å²) in [6.07, 6.45) is 8.77. The first-order chi connectivity index (χ1) is 21.1. The molecule has 2 N–H and O–H groups in total. The summed E-state index contributed by atoms with van der Waals surface area (Å²) in [6, 6.07) is 39.7.